The minimum absolute atomic E-state index is 0.239. The van der Waals surface area contributed by atoms with Gasteiger partial charge in [-0.05, 0) is 12.5 Å². The Hall–Kier alpha value is -0.630. The number of halogens is 4. The summed E-state index contributed by atoms with van der Waals surface area (Å²) in [5, 5.41) is -0.286. The van der Waals surface area contributed by atoms with E-state index in [2.05, 4.69) is 0 Å². The van der Waals surface area contributed by atoms with E-state index < -0.39 is 23.3 Å². The van der Waals surface area contributed by atoms with E-state index in [1.165, 1.54) is 6.92 Å². The Morgan fingerprint density at radius 2 is 1.25 bits per heavy atom. The molecule has 0 aliphatic heterocycles. The summed E-state index contributed by atoms with van der Waals surface area (Å²) in [6.07, 6.45) is 0. The number of hydrogen-bond acceptors (Lipinski definition) is 0. The highest BCUT2D eigenvalue weighted by Crippen LogP contribution is 2.17. The van der Waals surface area contributed by atoms with E-state index in [0.29, 0.717) is 0 Å². The van der Waals surface area contributed by atoms with Crippen molar-refractivity contribution in [2.45, 2.75) is 6.92 Å². The van der Waals surface area contributed by atoms with Crippen molar-refractivity contribution in [2.24, 2.45) is 0 Å². The second-order valence-electron chi connectivity index (χ2n) is 2.29. The molecule has 12 heavy (non-hydrogen) atoms. The molecule has 0 heterocycles. The minimum atomic E-state index is -1.77. The van der Waals surface area contributed by atoms with Crippen molar-refractivity contribution in [3.05, 3.63) is 28.8 Å². The third-order valence-corrected chi connectivity index (χ3v) is 2.23. The lowest BCUT2D eigenvalue weighted by molar-refractivity contribution is 0.410. The molecule has 0 nitrogen and oxygen atoms in total. The lowest BCUT2D eigenvalue weighted by Crippen LogP contribution is -2.12. The summed E-state index contributed by atoms with van der Waals surface area (Å²) in [4.78, 5) is 0. The van der Waals surface area contributed by atoms with Gasteiger partial charge in [0.2, 0.25) is 0 Å². The molecule has 0 bridgehead atoms. The summed E-state index contributed by atoms with van der Waals surface area (Å²) in [6, 6.07) is 0. The van der Waals surface area contributed by atoms with E-state index in [1.54, 1.807) is 0 Å². The summed E-state index contributed by atoms with van der Waals surface area (Å²) < 4.78 is 50.1. The SMILES string of the molecule is Cc1c(F)c(F)c(F)c(F)c1P. The fourth-order valence-corrected chi connectivity index (χ4v) is 1.01. The highest BCUT2D eigenvalue weighted by Gasteiger charge is 2.20. The molecule has 1 unspecified atom stereocenters. The van der Waals surface area contributed by atoms with Gasteiger partial charge in [0.15, 0.2) is 23.3 Å². The summed E-state index contributed by atoms with van der Waals surface area (Å²) >= 11 is 0. The van der Waals surface area contributed by atoms with E-state index in [-0.39, 0.29) is 10.9 Å². The molecule has 1 atom stereocenters. The average Bonchev–Trinajstić information content (AvgIpc) is 2.08. The van der Waals surface area contributed by atoms with Gasteiger partial charge in [0, 0.05) is 5.30 Å². The molecule has 0 amide bonds. The summed E-state index contributed by atoms with van der Waals surface area (Å²) in [7, 11) is 1.81. The molecule has 0 N–H and O–H groups in total. The average molecular weight is 196 g/mol. The van der Waals surface area contributed by atoms with Crippen LogP contribution in [0.15, 0.2) is 0 Å². The lowest BCUT2D eigenvalue weighted by atomic mass is 10.2. The van der Waals surface area contributed by atoms with Crippen LogP contribution in [0.4, 0.5) is 17.6 Å². The maximum atomic E-state index is 12.6. The van der Waals surface area contributed by atoms with E-state index in [0.717, 1.165) is 0 Å². The standard InChI is InChI=1S/C7H5F4P/c1-2-3(8)4(9)5(10)6(11)7(2)12/h12H2,1H3. The maximum Gasteiger partial charge on any atom is 0.198 e. The fourth-order valence-electron chi connectivity index (χ4n) is 0.758. The Morgan fingerprint density at radius 3 is 1.75 bits per heavy atom. The second kappa shape index (κ2) is 3.02. The van der Waals surface area contributed by atoms with Crippen LogP contribution < -0.4 is 5.30 Å². The molecule has 0 saturated heterocycles. The van der Waals surface area contributed by atoms with Gasteiger partial charge in [0.25, 0.3) is 0 Å². The largest absolute Gasteiger partial charge is 0.203 e. The molecule has 1 aromatic rings. The van der Waals surface area contributed by atoms with Gasteiger partial charge in [-0.3, -0.25) is 0 Å². The van der Waals surface area contributed by atoms with Crippen LogP contribution in [0.2, 0.25) is 0 Å². The zero-order valence-electron chi connectivity index (χ0n) is 6.09. The number of benzene rings is 1. The second-order valence-corrected chi connectivity index (χ2v) is 2.87. The van der Waals surface area contributed by atoms with Gasteiger partial charge in [-0.25, -0.2) is 17.6 Å². The zero-order valence-corrected chi connectivity index (χ0v) is 7.24. The van der Waals surface area contributed by atoms with Gasteiger partial charge in [-0.1, -0.05) is 0 Å². The number of rotatable bonds is 0. The van der Waals surface area contributed by atoms with Crippen LogP contribution in [-0.2, 0) is 0 Å². The first kappa shape index (κ1) is 9.46. The first-order chi connectivity index (χ1) is 5.46. The van der Waals surface area contributed by atoms with E-state index in [1.807, 2.05) is 9.24 Å². The molecule has 0 aliphatic carbocycles. The van der Waals surface area contributed by atoms with E-state index >= 15 is 0 Å². The van der Waals surface area contributed by atoms with Crippen molar-refractivity contribution in [1.29, 1.82) is 0 Å². The third-order valence-electron chi connectivity index (χ3n) is 1.55. The van der Waals surface area contributed by atoms with Gasteiger partial charge >= 0.3 is 0 Å². The van der Waals surface area contributed by atoms with Crippen molar-refractivity contribution in [1.82, 2.24) is 0 Å². The Kier molecular flexibility index (Phi) is 2.38. The van der Waals surface area contributed by atoms with Crippen LogP contribution in [-0.4, -0.2) is 0 Å². The van der Waals surface area contributed by atoms with Crippen LogP contribution in [0.25, 0.3) is 0 Å². The molecular weight excluding hydrogens is 191 g/mol. The highest BCUT2D eigenvalue weighted by atomic mass is 31.0. The molecule has 1 aromatic carbocycles. The summed E-state index contributed by atoms with van der Waals surface area (Å²) in [5.41, 5.74) is -0.239. The van der Waals surface area contributed by atoms with Crippen molar-refractivity contribution in [3.63, 3.8) is 0 Å². The molecule has 0 aromatic heterocycles. The molecule has 66 valence electrons. The fraction of sp³-hybridized carbons (Fsp3) is 0.143. The van der Waals surface area contributed by atoms with Crippen LogP contribution in [0.5, 0.6) is 0 Å². The smallest absolute Gasteiger partial charge is 0.198 e. The van der Waals surface area contributed by atoms with Gasteiger partial charge < -0.3 is 0 Å². The van der Waals surface area contributed by atoms with Crippen LogP contribution in [0, 0.1) is 30.2 Å². The molecule has 5 heteroatoms. The van der Waals surface area contributed by atoms with Crippen LogP contribution in [0.3, 0.4) is 0 Å². The Bertz CT molecular complexity index is 230. The van der Waals surface area contributed by atoms with Crippen molar-refractivity contribution in [3.8, 4) is 0 Å². The summed E-state index contributed by atoms with van der Waals surface area (Å²) in [5.74, 6) is -6.26. The molecule has 0 saturated carbocycles. The van der Waals surface area contributed by atoms with E-state index in [4.69, 9.17) is 0 Å². The Balaban J connectivity index is 3.60. The number of hydrogen-bond donors (Lipinski definition) is 0. The van der Waals surface area contributed by atoms with E-state index in [9.17, 15) is 17.6 Å². The molecule has 0 fully saturated rings. The molecule has 0 aliphatic rings. The quantitative estimate of drug-likeness (QED) is 0.258. The Morgan fingerprint density at radius 1 is 0.833 bits per heavy atom. The molecule has 0 radical (unpaired) electrons. The first-order valence-electron chi connectivity index (χ1n) is 3.04. The van der Waals surface area contributed by atoms with Crippen molar-refractivity contribution in [2.75, 3.05) is 0 Å². The minimum Gasteiger partial charge on any atom is -0.203 e. The zero-order chi connectivity index (χ0) is 9.46. The van der Waals surface area contributed by atoms with Gasteiger partial charge in [0.05, 0.1) is 0 Å². The van der Waals surface area contributed by atoms with Crippen LogP contribution in [0.1, 0.15) is 5.56 Å². The lowest BCUT2D eigenvalue weighted by Gasteiger charge is -2.04. The third kappa shape index (κ3) is 1.20. The van der Waals surface area contributed by atoms with Crippen molar-refractivity contribution >= 4 is 14.5 Å². The first-order valence-corrected chi connectivity index (χ1v) is 3.62. The molecule has 1 rings (SSSR count). The van der Waals surface area contributed by atoms with Crippen molar-refractivity contribution < 1.29 is 17.6 Å². The van der Waals surface area contributed by atoms with Gasteiger partial charge in [-0.15, -0.1) is 9.24 Å². The van der Waals surface area contributed by atoms with Crippen LogP contribution >= 0.6 is 9.24 Å². The Labute approximate surface area is 68.8 Å². The predicted octanol–water partition coefficient (Wildman–Crippen LogP) is 2.05. The van der Waals surface area contributed by atoms with Gasteiger partial charge in [-0.2, -0.15) is 0 Å². The molecular formula is C7H5F4P. The molecule has 0 spiro atoms. The maximum absolute atomic E-state index is 12.6. The topological polar surface area (TPSA) is 0 Å². The highest BCUT2D eigenvalue weighted by molar-refractivity contribution is 7.27. The normalized spacial score (nSPS) is 10.5. The monoisotopic (exact) mass is 196 g/mol. The summed E-state index contributed by atoms with van der Waals surface area (Å²) in [6.45, 7) is 1.17. The predicted molar refractivity (Wildman–Crippen MR) is 40.4 cm³/mol. The van der Waals surface area contributed by atoms with Gasteiger partial charge in [0.1, 0.15) is 0 Å².